The molecule has 1 amide bonds. The molecule has 0 fully saturated rings. The molecule has 0 aliphatic carbocycles. The van der Waals surface area contributed by atoms with E-state index in [1.807, 2.05) is 0 Å². The Kier molecular flexibility index (Phi) is 6.03. The third-order valence-corrected chi connectivity index (χ3v) is 4.50. The molecule has 1 aromatic carbocycles. The zero-order valence-corrected chi connectivity index (χ0v) is 13.6. The molecule has 8 nitrogen and oxygen atoms in total. The molecule has 0 bridgehead atoms. The number of benzene rings is 1. The van der Waals surface area contributed by atoms with Crippen LogP contribution in [-0.4, -0.2) is 64.5 Å². The van der Waals surface area contributed by atoms with Crippen LogP contribution in [0.25, 0.3) is 0 Å². The predicted octanol–water partition coefficient (Wildman–Crippen LogP) is 0.114. The van der Waals surface area contributed by atoms with E-state index in [-0.39, 0.29) is 23.0 Å². The summed E-state index contributed by atoms with van der Waals surface area (Å²) >= 11 is 0. The lowest BCUT2D eigenvalue weighted by atomic mass is 10.2. The molecule has 0 heterocycles. The van der Waals surface area contributed by atoms with Gasteiger partial charge in [-0.05, 0) is 24.3 Å². The van der Waals surface area contributed by atoms with Gasteiger partial charge in [-0.15, -0.1) is 0 Å². The van der Waals surface area contributed by atoms with Gasteiger partial charge in [-0.1, -0.05) is 4.47 Å². The van der Waals surface area contributed by atoms with Crippen molar-refractivity contribution in [2.24, 2.45) is 0 Å². The number of esters is 1. The van der Waals surface area contributed by atoms with Gasteiger partial charge >= 0.3 is 5.97 Å². The summed E-state index contributed by atoms with van der Waals surface area (Å²) in [6.07, 6.45) is 0. The molecular formula is C13H18N2O6S. The number of hydrogen-bond donors (Lipinski definition) is 0. The van der Waals surface area contributed by atoms with Crippen molar-refractivity contribution < 1.29 is 27.6 Å². The van der Waals surface area contributed by atoms with Crippen LogP contribution in [0.5, 0.6) is 0 Å². The van der Waals surface area contributed by atoms with Crippen molar-refractivity contribution in [3.05, 3.63) is 29.8 Å². The highest BCUT2D eigenvalue weighted by Gasteiger charge is 2.21. The minimum atomic E-state index is -3.77. The normalized spacial score (nSPS) is 11.3. The highest BCUT2D eigenvalue weighted by atomic mass is 32.2. The second-order valence-corrected chi connectivity index (χ2v) is 6.42. The topological polar surface area (TPSA) is 93.2 Å². The van der Waals surface area contributed by atoms with Gasteiger partial charge in [0.05, 0.1) is 17.6 Å². The van der Waals surface area contributed by atoms with E-state index in [0.717, 1.165) is 0 Å². The van der Waals surface area contributed by atoms with Crippen LogP contribution in [0.15, 0.2) is 29.2 Å². The summed E-state index contributed by atoms with van der Waals surface area (Å²) in [5.74, 6) is -1.06. The van der Waals surface area contributed by atoms with Crippen LogP contribution < -0.4 is 0 Å². The second kappa shape index (κ2) is 7.34. The molecule has 9 heteroatoms. The van der Waals surface area contributed by atoms with Crippen LogP contribution in [-0.2, 0) is 24.4 Å². The van der Waals surface area contributed by atoms with Crippen LogP contribution in [0.3, 0.4) is 0 Å². The maximum Gasteiger partial charge on any atom is 0.338 e. The van der Waals surface area contributed by atoms with Crippen molar-refractivity contribution in [3.8, 4) is 0 Å². The van der Waals surface area contributed by atoms with E-state index < -0.39 is 16.0 Å². The van der Waals surface area contributed by atoms with E-state index in [2.05, 4.69) is 4.84 Å². The van der Waals surface area contributed by atoms with Crippen molar-refractivity contribution in [3.63, 3.8) is 0 Å². The number of carbonyl (C=O) groups excluding carboxylic acids is 2. The number of ether oxygens (including phenoxy) is 1. The van der Waals surface area contributed by atoms with Gasteiger partial charge in [-0.25, -0.2) is 13.2 Å². The Balaban J connectivity index is 2.81. The lowest BCUT2D eigenvalue weighted by Crippen LogP contribution is -2.27. The Morgan fingerprint density at radius 2 is 1.64 bits per heavy atom. The molecule has 0 aliphatic rings. The smallest absolute Gasteiger partial charge is 0.338 e. The number of hydrogen-bond acceptors (Lipinski definition) is 6. The quantitative estimate of drug-likeness (QED) is 0.543. The van der Waals surface area contributed by atoms with Gasteiger partial charge < -0.3 is 9.64 Å². The fourth-order valence-corrected chi connectivity index (χ4v) is 2.32. The second-order valence-electron chi connectivity index (χ2n) is 4.49. The number of carbonyl (C=O) groups is 2. The first kappa shape index (κ1) is 18.1. The molecule has 0 atom stereocenters. The first-order valence-electron chi connectivity index (χ1n) is 6.20. The summed E-state index contributed by atoms with van der Waals surface area (Å²) < 4.78 is 29.5. The van der Waals surface area contributed by atoms with Crippen molar-refractivity contribution in [1.29, 1.82) is 0 Å². The summed E-state index contributed by atoms with van der Waals surface area (Å²) in [6, 6.07) is 5.13. The zero-order chi connectivity index (χ0) is 16.9. The Morgan fingerprint density at radius 3 is 2.09 bits per heavy atom. The van der Waals surface area contributed by atoms with E-state index in [4.69, 9.17) is 4.74 Å². The first-order valence-corrected chi connectivity index (χ1v) is 7.64. The van der Waals surface area contributed by atoms with Crippen molar-refractivity contribution in [1.82, 2.24) is 9.37 Å². The first-order chi connectivity index (χ1) is 10.2. The maximum atomic E-state index is 12.0. The standard InChI is InChI=1S/C13H18N2O6S/c1-14(2)12(16)9-21-13(17)10-5-7-11(8-6-10)22(18,19)15(3)20-4/h5-8H,9H2,1-4H3. The molecule has 1 rings (SSSR count). The summed E-state index contributed by atoms with van der Waals surface area (Å²) in [5.41, 5.74) is 0.144. The summed E-state index contributed by atoms with van der Waals surface area (Å²) in [7, 11) is 1.80. The molecule has 22 heavy (non-hydrogen) atoms. The molecule has 0 saturated carbocycles. The lowest BCUT2D eigenvalue weighted by Gasteiger charge is -2.14. The monoisotopic (exact) mass is 330 g/mol. The van der Waals surface area contributed by atoms with E-state index >= 15 is 0 Å². The Hall–Kier alpha value is -1.97. The van der Waals surface area contributed by atoms with Gasteiger partial charge in [-0.2, -0.15) is 0 Å². The SMILES string of the molecule is CON(C)S(=O)(=O)c1ccc(C(=O)OCC(=O)N(C)C)cc1. The van der Waals surface area contributed by atoms with E-state index in [9.17, 15) is 18.0 Å². The van der Waals surface area contributed by atoms with Gasteiger partial charge in [-0.3, -0.25) is 9.63 Å². The highest BCUT2D eigenvalue weighted by Crippen LogP contribution is 2.15. The Labute approximate surface area is 129 Å². The maximum absolute atomic E-state index is 12.0. The number of hydroxylamine groups is 1. The average molecular weight is 330 g/mol. The van der Waals surface area contributed by atoms with Crippen LogP contribution in [0.1, 0.15) is 10.4 Å². The molecule has 122 valence electrons. The van der Waals surface area contributed by atoms with Gasteiger partial charge in [0, 0.05) is 21.1 Å². The molecular weight excluding hydrogens is 312 g/mol. The highest BCUT2D eigenvalue weighted by molar-refractivity contribution is 7.89. The average Bonchev–Trinajstić information content (AvgIpc) is 2.51. The molecule has 0 aromatic heterocycles. The predicted molar refractivity (Wildman–Crippen MR) is 77.4 cm³/mol. The van der Waals surface area contributed by atoms with Gasteiger partial charge in [0.1, 0.15) is 0 Å². The van der Waals surface area contributed by atoms with E-state index in [0.29, 0.717) is 4.47 Å². The van der Waals surface area contributed by atoms with Crippen LogP contribution in [0.4, 0.5) is 0 Å². The van der Waals surface area contributed by atoms with Gasteiger partial charge in [0.15, 0.2) is 6.61 Å². The number of likely N-dealkylation sites (N-methyl/N-ethyl adjacent to an activating group) is 1. The molecule has 0 saturated heterocycles. The lowest BCUT2D eigenvalue weighted by molar-refractivity contribution is -0.131. The van der Waals surface area contributed by atoms with Crippen LogP contribution >= 0.6 is 0 Å². The minimum Gasteiger partial charge on any atom is -0.452 e. The van der Waals surface area contributed by atoms with E-state index in [1.54, 1.807) is 14.1 Å². The van der Waals surface area contributed by atoms with Gasteiger partial charge in [0.25, 0.3) is 15.9 Å². The van der Waals surface area contributed by atoms with Gasteiger partial charge in [0.2, 0.25) is 0 Å². The number of sulfonamides is 1. The van der Waals surface area contributed by atoms with Crippen LogP contribution in [0, 0.1) is 0 Å². The summed E-state index contributed by atoms with van der Waals surface area (Å²) in [6.45, 7) is -0.377. The third-order valence-electron chi connectivity index (χ3n) is 2.81. The minimum absolute atomic E-state index is 0.0298. The molecule has 0 aliphatic heterocycles. The Morgan fingerprint density at radius 1 is 1.09 bits per heavy atom. The molecule has 0 unspecified atom stereocenters. The fourth-order valence-electron chi connectivity index (χ4n) is 1.35. The number of nitrogens with zero attached hydrogens (tertiary/aromatic N) is 2. The van der Waals surface area contributed by atoms with E-state index in [1.165, 1.54) is 43.3 Å². The zero-order valence-electron chi connectivity index (χ0n) is 12.8. The third kappa shape index (κ3) is 4.26. The molecule has 0 radical (unpaired) electrons. The van der Waals surface area contributed by atoms with Crippen molar-refractivity contribution in [2.75, 3.05) is 34.9 Å². The molecule has 0 N–H and O–H groups in total. The molecule has 1 aromatic rings. The number of amides is 1. The molecule has 0 spiro atoms. The van der Waals surface area contributed by atoms with Crippen LogP contribution in [0.2, 0.25) is 0 Å². The fraction of sp³-hybridized carbons (Fsp3) is 0.385. The Bertz CT molecular complexity index is 639. The number of rotatable bonds is 6. The van der Waals surface area contributed by atoms with Crippen molar-refractivity contribution in [2.45, 2.75) is 4.90 Å². The summed E-state index contributed by atoms with van der Waals surface area (Å²) in [5, 5.41) is 0. The van der Waals surface area contributed by atoms with Crippen molar-refractivity contribution >= 4 is 21.9 Å². The summed E-state index contributed by atoms with van der Waals surface area (Å²) in [4.78, 5) is 29.0. The largest absolute Gasteiger partial charge is 0.452 e.